The molecule has 0 amide bonds. The maximum Gasteiger partial charge on any atom is 0.153 e. The third kappa shape index (κ3) is 2.61. The van der Waals surface area contributed by atoms with Crippen LogP contribution in [0.3, 0.4) is 0 Å². The molecule has 1 aromatic rings. The number of rotatable bonds is 5. The molecule has 0 aliphatic rings. The molecular formula is C9H11N5O2. The number of hydrogen-bond acceptors (Lipinski definition) is 4. The second kappa shape index (κ2) is 5.57. The van der Waals surface area contributed by atoms with Gasteiger partial charge in [-0.25, -0.2) is 0 Å². The Balaban J connectivity index is 3.01. The zero-order chi connectivity index (χ0) is 12.0. The van der Waals surface area contributed by atoms with Crippen LogP contribution in [0.2, 0.25) is 0 Å². The van der Waals surface area contributed by atoms with Gasteiger partial charge in [-0.3, -0.25) is 5.01 Å². The summed E-state index contributed by atoms with van der Waals surface area (Å²) >= 11 is 0. The molecule has 1 atom stereocenters. The molecule has 7 nitrogen and oxygen atoms in total. The molecule has 0 fully saturated rings. The van der Waals surface area contributed by atoms with Crippen LogP contribution in [0.5, 0.6) is 5.75 Å². The van der Waals surface area contributed by atoms with Crippen LogP contribution in [0.4, 0.5) is 0 Å². The summed E-state index contributed by atoms with van der Waals surface area (Å²) in [6.07, 6.45) is -0.742. The van der Waals surface area contributed by atoms with Crippen molar-refractivity contribution in [1.29, 1.82) is 0 Å². The molecular weight excluding hydrogens is 210 g/mol. The van der Waals surface area contributed by atoms with Crippen LogP contribution in [0.15, 0.2) is 34.7 Å². The number of ether oxygens (including phenoxy) is 1. The van der Waals surface area contributed by atoms with Gasteiger partial charge >= 0.3 is 0 Å². The summed E-state index contributed by atoms with van der Waals surface area (Å²) in [6.45, 7) is 0. The van der Waals surface area contributed by atoms with Gasteiger partial charge in [0.25, 0.3) is 0 Å². The van der Waals surface area contributed by atoms with Crippen LogP contribution in [0.1, 0.15) is 11.7 Å². The summed E-state index contributed by atoms with van der Waals surface area (Å²) in [7, 11) is 3.00. The number of methoxy groups -OCH3 is 1. The first-order valence-electron chi connectivity index (χ1n) is 4.47. The minimum atomic E-state index is -0.742. The van der Waals surface area contributed by atoms with Crippen molar-refractivity contribution in [3.63, 3.8) is 0 Å². The summed E-state index contributed by atoms with van der Waals surface area (Å²) in [5, 5.41) is 7.25. The average molecular weight is 221 g/mol. The largest absolute Gasteiger partial charge is 0.497 e. The van der Waals surface area contributed by atoms with E-state index in [1.54, 1.807) is 31.4 Å². The molecule has 0 aliphatic carbocycles. The average Bonchev–Trinajstić information content (AvgIpc) is 2.35. The molecule has 1 unspecified atom stereocenters. The molecule has 0 bridgehead atoms. The van der Waals surface area contributed by atoms with Gasteiger partial charge in [-0.1, -0.05) is 17.2 Å². The van der Waals surface area contributed by atoms with Gasteiger partial charge in [-0.05, 0) is 23.2 Å². The Morgan fingerprint density at radius 3 is 2.50 bits per heavy atom. The normalized spacial score (nSPS) is 11.1. The first-order valence-corrected chi connectivity index (χ1v) is 4.47. The van der Waals surface area contributed by atoms with E-state index in [4.69, 9.17) is 10.3 Å². The lowest BCUT2D eigenvalue weighted by molar-refractivity contribution is 0.259. The molecule has 0 saturated carbocycles. The monoisotopic (exact) mass is 221 g/mol. The van der Waals surface area contributed by atoms with Crippen molar-refractivity contribution in [2.24, 2.45) is 10.4 Å². The Bertz CT molecular complexity index is 399. The van der Waals surface area contributed by atoms with Crippen LogP contribution >= 0.6 is 0 Å². The van der Waals surface area contributed by atoms with E-state index in [1.165, 1.54) is 7.05 Å². The van der Waals surface area contributed by atoms with E-state index in [2.05, 4.69) is 15.3 Å². The van der Waals surface area contributed by atoms with Crippen LogP contribution in [-0.4, -0.2) is 19.2 Å². The smallest absolute Gasteiger partial charge is 0.153 e. The maximum atomic E-state index is 10.4. The maximum absolute atomic E-state index is 10.4. The minimum absolute atomic E-state index is 0.667. The zero-order valence-corrected chi connectivity index (χ0v) is 8.94. The van der Waals surface area contributed by atoms with E-state index in [0.717, 1.165) is 5.01 Å². The SMILES string of the molecule is COc1ccc(C(N=[N+]=[N-])N(C)N=O)cc1. The second-order valence-electron chi connectivity index (χ2n) is 3.01. The fourth-order valence-corrected chi connectivity index (χ4v) is 1.23. The first-order chi connectivity index (χ1) is 7.72. The van der Waals surface area contributed by atoms with Crippen LogP contribution in [0, 0.1) is 4.91 Å². The highest BCUT2D eigenvalue weighted by molar-refractivity contribution is 5.28. The minimum Gasteiger partial charge on any atom is -0.497 e. The Morgan fingerprint density at radius 2 is 2.06 bits per heavy atom. The Kier molecular flexibility index (Phi) is 4.11. The quantitative estimate of drug-likeness (QED) is 0.251. The van der Waals surface area contributed by atoms with Gasteiger partial charge in [0.2, 0.25) is 0 Å². The van der Waals surface area contributed by atoms with Crippen LogP contribution in [-0.2, 0) is 0 Å². The molecule has 0 aromatic heterocycles. The van der Waals surface area contributed by atoms with E-state index < -0.39 is 6.17 Å². The van der Waals surface area contributed by atoms with Gasteiger partial charge in [0, 0.05) is 12.0 Å². The Hall–Kier alpha value is -2.27. The van der Waals surface area contributed by atoms with E-state index in [-0.39, 0.29) is 0 Å². The number of azide groups is 1. The number of nitrogens with zero attached hydrogens (tertiary/aromatic N) is 5. The molecule has 0 radical (unpaired) electrons. The van der Waals surface area contributed by atoms with E-state index in [1.807, 2.05) is 0 Å². The highest BCUT2D eigenvalue weighted by Crippen LogP contribution is 2.23. The fourth-order valence-electron chi connectivity index (χ4n) is 1.23. The molecule has 0 saturated heterocycles. The van der Waals surface area contributed by atoms with E-state index >= 15 is 0 Å². The molecule has 0 spiro atoms. The molecule has 0 aliphatic heterocycles. The molecule has 0 N–H and O–H groups in total. The Labute approximate surface area is 92.2 Å². The molecule has 0 heterocycles. The van der Waals surface area contributed by atoms with Crippen molar-refractivity contribution in [2.75, 3.05) is 14.2 Å². The summed E-state index contributed by atoms with van der Waals surface area (Å²) in [6, 6.07) is 6.85. The van der Waals surface area contributed by atoms with E-state index in [0.29, 0.717) is 11.3 Å². The third-order valence-electron chi connectivity index (χ3n) is 2.06. The predicted octanol–water partition coefficient (Wildman–Crippen LogP) is 2.62. The zero-order valence-electron chi connectivity index (χ0n) is 8.94. The van der Waals surface area contributed by atoms with Gasteiger partial charge in [0.15, 0.2) is 6.17 Å². The van der Waals surface area contributed by atoms with Crippen LogP contribution < -0.4 is 4.74 Å². The highest BCUT2D eigenvalue weighted by Gasteiger charge is 2.14. The summed E-state index contributed by atoms with van der Waals surface area (Å²) in [4.78, 5) is 13.1. The van der Waals surface area contributed by atoms with Crippen LogP contribution in [0.25, 0.3) is 10.4 Å². The topological polar surface area (TPSA) is 90.7 Å². The number of nitroso groups, excluding NO2 is 1. The first kappa shape index (κ1) is 11.8. The highest BCUT2D eigenvalue weighted by atomic mass is 16.5. The molecule has 84 valence electrons. The van der Waals surface area contributed by atoms with Crippen molar-refractivity contribution in [1.82, 2.24) is 5.01 Å². The number of benzene rings is 1. The van der Waals surface area contributed by atoms with Gasteiger partial charge in [0.1, 0.15) is 5.75 Å². The lowest BCUT2D eigenvalue weighted by Gasteiger charge is -2.17. The van der Waals surface area contributed by atoms with Gasteiger partial charge in [0.05, 0.1) is 12.4 Å². The lowest BCUT2D eigenvalue weighted by atomic mass is 10.1. The molecule has 16 heavy (non-hydrogen) atoms. The summed E-state index contributed by atoms with van der Waals surface area (Å²) in [5.41, 5.74) is 9.07. The van der Waals surface area contributed by atoms with Crippen molar-refractivity contribution < 1.29 is 4.74 Å². The number of hydrogen-bond donors (Lipinski definition) is 0. The van der Waals surface area contributed by atoms with Crippen molar-refractivity contribution >= 4 is 0 Å². The van der Waals surface area contributed by atoms with Crippen molar-refractivity contribution in [2.45, 2.75) is 6.17 Å². The summed E-state index contributed by atoms with van der Waals surface area (Å²) in [5.74, 6) is 0.685. The van der Waals surface area contributed by atoms with Crippen molar-refractivity contribution in [3.8, 4) is 5.75 Å². The fraction of sp³-hybridized carbons (Fsp3) is 0.333. The predicted molar refractivity (Wildman–Crippen MR) is 58.4 cm³/mol. The van der Waals surface area contributed by atoms with Gasteiger partial charge in [-0.15, -0.1) is 4.91 Å². The molecule has 1 aromatic carbocycles. The van der Waals surface area contributed by atoms with Gasteiger partial charge in [-0.2, -0.15) is 0 Å². The third-order valence-corrected chi connectivity index (χ3v) is 2.06. The summed E-state index contributed by atoms with van der Waals surface area (Å²) < 4.78 is 4.99. The van der Waals surface area contributed by atoms with E-state index in [9.17, 15) is 4.91 Å². The Morgan fingerprint density at radius 1 is 1.44 bits per heavy atom. The second-order valence-corrected chi connectivity index (χ2v) is 3.01. The van der Waals surface area contributed by atoms with Crippen molar-refractivity contribution in [3.05, 3.63) is 45.2 Å². The lowest BCUT2D eigenvalue weighted by Crippen LogP contribution is -2.15. The van der Waals surface area contributed by atoms with Gasteiger partial charge < -0.3 is 4.74 Å². The molecule has 7 heteroatoms. The standard InChI is InChI=1S/C9H11N5O2/c1-14(13-15)9(11-12-10)7-3-5-8(16-2)6-4-7/h3-6,9H,1-2H3. The molecule has 1 rings (SSSR count).